The first-order valence-corrected chi connectivity index (χ1v) is 7.10. The molecule has 0 bridgehead atoms. The maximum Gasteiger partial charge on any atom is 0.206 e. The first kappa shape index (κ1) is 14.1. The van der Waals surface area contributed by atoms with Crippen LogP contribution in [-0.4, -0.2) is 44.1 Å². The van der Waals surface area contributed by atoms with Crippen LogP contribution in [-0.2, 0) is 4.74 Å². The Morgan fingerprint density at radius 2 is 1.94 bits per heavy atom. The molecule has 4 atom stereocenters. The van der Waals surface area contributed by atoms with Gasteiger partial charge in [0.25, 0.3) is 0 Å². The van der Waals surface area contributed by atoms with Gasteiger partial charge in [-0.2, -0.15) is 0 Å². The first-order chi connectivity index (χ1) is 8.47. The number of aliphatic hydroxyl groups is 2. The van der Waals surface area contributed by atoms with Crippen LogP contribution in [0.15, 0.2) is 30.3 Å². The summed E-state index contributed by atoms with van der Waals surface area (Å²) in [5, 5.41) is 19.3. The number of benzene rings is 1. The molecule has 1 aromatic carbocycles. The standard InChI is InChI=1S/C12H12Br2O4/c13-10-9(16)8(15)6-18-12(10,14)11(17)7-4-2-1-3-5-7/h1-5,8-10,15-16H,6H2/t8-,9+,10+,12+/m1/s1. The lowest BCUT2D eigenvalue weighted by atomic mass is 9.96. The van der Waals surface area contributed by atoms with Crippen LogP contribution >= 0.6 is 31.9 Å². The number of ketones is 1. The molecular weight excluding hydrogens is 368 g/mol. The third-order valence-corrected chi connectivity index (χ3v) is 5.74. The van der Waals surface area contributed by atoms with Crippen molar-refractivity contribution in [3.63, 3.8) is 0 Å². The lowest BCUT2D eigenvalue weighted by molar-refractivity contribution is -0.111. The molecule has 1 heterocycles. The molecule has 6 heteroatoms. The third kappa shape index (κ3) is 2.40. The first-order valence-electron chi connectivity index (χ1n) is 5.39. The van der Waals surface area contributed by atoms with Gasteiger partial charge in [-0.3, -0.25) is 4.79 Å². The molecule has 18 heavy (non-hydrogen) atoms. The number of ether oxygens (including phenoxy) is 1. The van der Waals surface area contributed by atoms with Gasteiger partial charge in [-0.05, 0) is 15.9 Å². The third-order valence-electron chi connectivity index (χ3n) is 2.86. The van der Waals surface area contributed by atoms with Gasteiger partial charge in [0.2, 0.25) is 10.3 Å². The van der Waals surface area contributed by atoms with Crippen molar-refractivity contribution < 1.29 is 19.7 Å². The van der Waals surface area contributed by atoms with E-state index in [0.29, 0.717) is 5.56 Å². The smallest absolute Gasteiger partial charge is 0.206 e. The van der Waals surface area contributed by atoms with Crippen molar-refractivity contribution in [2.45, 2.75) is 21.5 Å². The molecule has 0 radical (unpaired) electrons. The maximum atomic E-state index is 12.4. The van der Waals surface area contributed by atoms with E-state index in [-0.39, 0.29) is 12.4 Å². The lowest BCUT2D eigenvalue weighted by Gasteiger charge is -2.40. The van der Waals surface area contributed by atoms with Crippen molar-refractivity contribution in [2.24, 2.45) is 0 Å². The molecule has 1 aliphatic rings. The number of carbonyl (C=O) groups excluding carboxylic acids is 1. The minimum atomic E-state index is -1.37. The second-order valence-corrected chi connectivity index (χ2v) is 6.28. The minimum Gasteiger partial charge on any atom is -0.389 e. The number of hydrogen-bond donors (Lipinski definition) is 2. The van der Waals surface area contributed by atoms with Gasteiger partial charge in [0.05, 0.1) is 17.5 Å². The molecule has 1 fully saturated rings. The van der Waals surface area contributed by atoms with E-state index >= 15 is 0 Å². The number of Topliss-reactive ketones (excluding diaryl/α,β-unsaturated/α-hetero) is 1. The molecule has 2 N–H and O–H groups in total. The number of carbonyl (C=O) groups is 1. The summed E-state index contributed by atoms with van der Waals surface area (Å²) in [5.74, 6) is -0.295. The number of hydrogen-bond acceptors (Lipinski definition) is 4. The van der Waals surface area contributed by atoms with Crippen LogP contribution in [0.25, 0.3) is 0 Å². The second-order valence-electron chi connectivity index (χ2n) is 4.11. The van der Waals surface area contributed by atoms with Crippen molar-refractivity contribution in [3.05, 3.63) is 35.9 Å². The summed E-state index contributed by atoms with van der Waals surface area (Å²) in [5.41, 5.74) is 0.474. The Bertz CT molecular complexity index is 439. The van der Waals surface area contributed by atoms with Gasteiger partial charge in [-0.25, -0.2) is 0 Å². The van der Waals surface area contributed by atoms with E-state index in [9.17, 15) is 15.0 Å². The monoisotopic (exact) mass is 378 g/mol. The molecule has 0 unspecified atom stereocenters. The fourth-order valence-corrected chi connectivity index (χ4v) is 3.10. The highest BCUT2D eigenvalue weighted by Crippen LogP contribution is 2.39. The summed E-state index contributed by atoms with van der Waals surface area (Å²) in [6.07, 6.45) is -2.09. The molecule has 0 saturated carbocycles. The van der Waals surface area contributed by atoms with Crippen LogP contribution in [0, 0.1) is 0 Å². The topological polar surface area (TPSA) is 66.8 Å². The molecule has 0 spiro atoms. The Morgan fingerprint density at radius 1 is 1.33 bits per heavy atom. The van der Waals surface area contributed by atoms with Gasteiger partial charge < -0.3 is 14.9 Å². The van der Waals surface area contributed by atoms with E-state index in [0.717, 1.165) is 0 Å². The summed E-state index contributed by atoms with van der Waals surface area (Å²) in [4.78, 5) is 11.7. The van der Waals surface area contributed by atoms with Gasteiger partial charge >= 0.3 is 0 Å². The molecular formula is C12H12Br2O4. The van der Waals surface area contributed by atoms with Gasteiger partial charge in [0.15, 0.2) is 0 Å². The SMILES string of the molecule is O=C(c1ccccc1)[C@@]1(Br)OC[C@@H](O)[C@H](O)[C@@H]1Br. The largest absolute Gasteiger partial charge is 0.389 e. The number of halogens is 2. The van der Waals surface area contributed by atoms with Gasteiger partial charge in [-0.15, -0.1) is 0 Å². The van der Waals surface area contributed by atoms with Crippen molar-refractivity contribution in [1.82, 2.24) is 0 Å². The summed E-state index contributed by atoms with van der Waals surface area (Å²) in [7, 11) is 0. The van der Waals surface area contributed by atoms with Crippen molar-refractivity contribution >= 4 is 37.6 Å². The molecule has 1 aromatic rings. The highest BCUT2D eigenvalue weighted by atomic mass is 79.9. The Hall–Kier alpha value is -0.270. The Balaban J connectivity index is 2.29. The van der Waals surface area contributed by atoms with E-state index in [2.05, 4.69) is 31.9 Å². The zero-order valence-electron chi connectivity index (χ0n) is 9.29. The molecule has 4 nitrogen and oxygen atoms in total. The predicted molar refractivity (Wildman–Crippen MR) is 73.1 cm³/mol. The van der Waals surface area contributed by atoms with Crippen LogP contribution in [0.4, 0.5) is 0 Å². The number of rotatable bonds is 2. The molecule has 98 valence electrons. The fraction of sp³-hybridized carbons (Fsp3) is 0.417. The van der Waals surface area contributed by atoms with Crippen LogP contribution in [0.1, 0.15) is 10.4 Å². The second kappa shape index (κ2) is 5.38. The Morgan fingerprint density at radius 3 is 2.56 bits per heavy atom. The highest BCUT2D eigenvalue weighted by molar-refractivity contribution is 9.12. The van der Waals surface area contributed by atoms with E-state index in [1.807, 2.05) is 6.07 Å². The zero-order valence-corrected chi connectivity index (χ0v) is 12.5. The Kier molecular flexibility index (Phi) is 4.23. The summed E-state index contributed by atoms with van der Waals surface area (Å²) in [6, 6.07) is 8.66. The van der Waals surface area contributed by atoms with E-state index < -0.39 is 21.5 Å². The van der Waals surface area contributed by atoms with Crippen LogP contribution in [0.5, 0.6) is 0 Å². The lowest BCUT2D eigenvalue weighted by Crippen LogP contribution is -2.58. The van der Waals surface area contributed by atoms with Crippen LogP contribution in [0.3, 0.4) is 0 Å². The van der Waals surface area contributed by atoms with Crippen LogP contribution in [0.2, 0.25) is 0 Å². The van der Waals surface area contributed by atoms with E-state index in [4.69, 9.17) is 4.74 Å². The Labute approximate surface area is 121 Å². The average molecular weight is 380 g/mol. The minimum absolute atomic E-state index is 0.104. The molecule has 2 rings (SSSR count). The normalized spacial score (nSPS) is 36.3. The fourth-order valence-electron chi connectivity index (χ4n) is 1.78. The molecule has 1 aliphatic heterocycles. The van der Waals surface area contributed by atoms with E-state index in [1.165, 1.54) is 0 Å². The van der Waals surface area contributed by atoms with Gasteiger partial charge in [0, 0.05) is 5.56 Å². The van der Waals surface area contributed by atoms with Crippen LogP contribution < -0.4 is 0 Å². The average Bonchev–Trinajstić information content (AvgIpc) is 2.41. The molecule has 0 aliphatic carbocycles. The quantitative estimate of drug-likeness (QED) is 0.603. The summed E-state index contributed by atoms with van der Waals surface area (Å²) in [6.45, 7) is -0.104. The number of aliphatic hydroxyl groups excluding tert-OH is 2. The van der Waals surface area contributed by atoms with Gasteiger partial charge in [0.1, 0.15) is 6.10 Å². The van der Waals surface area contributed by atoms with E-state index in [1.54, 1.807) is 24.3 Å². The maximum absolute atomic E-state index is 12.4. The van der Waals surface area contributed by atoms with Crippen molar-refractivity contribution in [3.8, 4) is 0 Å². The molecule has 1 saturated heterocycles. The highest BCUT2D eigenvalue weighted by Gasteiger charge is 2.52. The molecule has 0 aromatic heterocycles. The predicted octanol–water partition coefficient (Wildman–Crippen LogP) is 1.48. The summed E-state index contributed by atoms with van der Waals surface area (Å²) >= 11 is 6.45. The zero-order chi connectivity index (χ0) is 13.3. The summed E-state index contributed by atoms with van der Waals surface area (Å²) < 4.78 is 4.02. The number of alkyl halides is 2. The van der Waals surface area contributed by atoms with Crippen molar-refractivity contribution in [1.29, 1.82) is 0 Å². The van der Waals surface area contributed by atoms with Crippen molar-refractivity contribution in [2.75, 3.05) is 6.61 Å². The van der Waals surface area contributed by atoms with Gasteiger partial charge in [-0.1, -0.05) is 46.3 Å². The molecule has 0 amide bonds.